The first-order valence-electron chi connectivity index (χ1n) is 10.3. The standard InChI is InChI=1S/C20H22F2N4O2.CH4O3S/c21-20(22)13-26(9-6-16(20)12-25-18-23-7-3-8-24-18)19(27)28-17-10-14-4-1-2-5-15(14)11-17;1-5(2,3)4/h1-5,7-8,16-17H,6,9-13H2,(H,23,24,25);1H3,(H,2,3,4). The van der Waals surface area contributed by atoms with Gasteiger partial charge in [-0.25, -0.2) is 23.5 Å². The Hall–Kier alpha value is -2.86. The Morgan fingerprint density at radius 1 is 1.21 bits per heavy atom. The molecule has 12 heteroatoms. The van der Waals surface area contributed by atoms with Gasteiger partial charge in [-0.15, -0.1) is 0 Å². The molecule has 1 saturated heterocycles. The van der Waals surface area contributed by atoms with E-state index in [0.29, 0.717) is 25.0 Å². The Bertz CT molecular complexity index is 1020. The lowest BCUT2D eigenvalue weighted by Gasteiger charge is -2.38. The maximum Gasteiger partial charge on any atom is 0.410 e. The topological polar surface area (TPSA) is 122 Å². The predicted octanol–water partition coefficient (Wildman–Crippen LogP) is 2.65. The molecule has 4 rings (SSSR count). The van der Waals surface area contributed by atoms with Crippen LogP contribution in [0.25, 0.3) is 0 Å². The average molecular weight is 485 g/mol. The summed E-state index contributed by atoms with van der Waals surface area (Å²) in [4.78, 5) is 21.5. The molecule has 1 aliphatic heterocycles. The van der Waals surface area contributed by atoms with Crippen LogP contribution in [-0.4, -0.2) is 71.8 Å². The first-order chi connectivity index (χ1) is 15.5. The molecule has 0 radical (unpaired) electrons. The lowest BCUT2D eigenvalue weighted by atomic mass is 9.93. The summed E-state index contributed by atoms with van der Waals surface area (Å²) in [6.45, 7) is -0.332. The molecular formula is C21H26F2N4O5S. The number of ether oxygens (including phenoxy) is 1. The van der Waals surface area contributed by atoms with E-state index >= 15 is 0 Å². The molecule has 0 spiro atoms. The Morgan fingerprint density at radius 3 is 2.33 bits per heavy atom. The number of carbonyl (C=O) groups is 1. The number of piperidine rings is 1. The first-order valence-corrected chi connectivity index (χ1v) is 12.2. The van der Waals surface area contributed by atoms with Gasteiger partial charge < -0.3 is 15.0 Å². The average Bonchev–Trinajstić information content (AvgIpc) is 3.14. The second-order valence-electron chi connectivity index (χ2n) is 8.04. The van der Waals surface area contributed by atoms with Crippen molar-refractivity contribution in [3.63, 3.8) is 0 Å². The molecule has 2 N–H and O–H groups in total. The molecule has 0 bridgehead atoms. The van der Waals surface area contributed by atoms with E-state index in [9.17, 15) is 22.0 Å². The lowest BCUT2D eigenvalue weighted by molar-refractivity contribution is -0.103. The quantitative estimate of drug-likeness (QED) is 0.636. The number of nitrogens with one attached hydrogen (secondary N) is 1. The largest absolute Gasteiger partial charge is 0.445 e. The van der Waals surface area contributed by atoms with Crippen LogP contribution in [0.4, 0.5) is 19.5 Å². The maximum atomic E-state index is 14.6. The number of carbonyl (C=O) groups excluding carboxylic acids is 1. The van der Waals surface area contributed by atoms with Crippen LogP contribution in [0, 0.1) is 5.92 Å². The van der Waals surface area contributed by atoms with Crippen LogP contribution in [-0.2, 0) is 27.7 Å². The number of likely N-dealkylation sites (tertiary alicyclic amines) is 1. The number of alkyl halides is 2. The third kappa shape index (κ3) is 7.60. The van der Waals surface area contributed by atoms with Gasteiger partial charge in [-0.2, -0.15) is 8.42 Å². The number of amides is 1. The molecule has 1 aromatic carbocycles. The summed E-state index contributed by atoms with van der Waals surface area (Å²) in [5.41, 5.74) is 2.30. The van der Waals surface area contributed by atoms with Crippen LogP contribution < -0.4 is 5.32 Å². The minimum Gasteiger partial charge on any atom is -0.445 e. The molecule has 2 aliphatic rings. The van der Waals surface area contributed by atoms with Crippen molar-refractivity contribution in [2.45, 2.75) is 31.3 Å². The third-order valence-electron chi connectivity index (χ3n) is 5.36. The van der Waals surface area contributed by atoms with Crippen LogP contribution >= 0.6 is 0 Å². The highest BCUT2D eigenvalue weighted by molar-refractivity contribution is 7.85. The number of nitrogens with zero attached hydrogens (tertiary/aromatic N) is 3. The van der Waals surface area contributed by atoms with Crippen molar-refractivity contribution < 1.29 is 31.3 Å². The zero-order valence-electron chi connectivity index (χ0n) is 18.0. The van der Waals surface area contributed by atoms with E-state index in [0.717, 1.165) is 16.0 Å². The SMILES string of the molecule is CS(=O)(=O)O.O=C(OC1Cc2ccccc2C1)N1CCC(CNc2ncccn2)C(F)(F)C1. The van der Waals surface area contributed by atoms with Gasteiger partial charge in [0, 0.05) is 44.2 Å². The van der Waals surface area contributed by atoms with E-state index in [4.69, 9.17) is 9.29 Å². The zero-order valence-corrected chi connectivity index (χ0v) is 18.8. The summed E-state index contributed by atoms with van der Waals surface area (Å²) in [6, 6.07) is 9.57. The van der Waals surface area contributed by atoms with Crippen molar-refractivity contribution in [3.8, 4) is 0 Å². The predicted molar refractivity (Wildman–Crippen MR) is 117 cm³/mol. The summed E-state index contributed by atoms with van der Waals surface area (Å²) in [6.07, 6.45) is 4.33. The summed E-state index contributed by atoms with van der Waals surface area (Å²) in [5, 5.41) is 2.85. The minimum absolute atomic E-state index is 0.0534. The summed E-state index contributed by atoms with van der Waals surface area (Å²) in [7, 11) is -3.67. The van der Waals surface area contributed by atoms with E-state index < -0.39 is 34.6 Å². The van der Waals surface area contributed by atoms with E-state index in [1.54, 1.807) is 18.5 Å². The summed E-state index contributed by atoms with van der Waals surface area (Å²) in [5.74, 6) is -3.57. The van der Waals surface area contributed by atoms with Gasteiger partial charge in [0.1, 0.15) is 6.10 Å². The molecule has 2 heterocycles. The minimum atomic E-state index is -3.67. The molecule has 1 atom stereocenters. The molecule has 0 saturated carbocycles. The number of benzene rings is 1. The Labute approximate surface area is 190 Å². The van der Waals surface area contributed by atoms with Crippen LogP contribution in [0.3, 0.4) is 0 Å². The smallest absolute Gasteiger partial charge is 0.410 e. The van der Waals surface area contributed by atoms with Crippen molar-refractivity contribution in [1.82, 2.24) is 14.9 Å². The van der Waals surface area contributed by atoms with Gasteiger partial charge in [-0.1, -0.05) is 24.3 Å². The fourth-order valence-electron chi connectivity index (χ4n) is 3.82. The van der Waals surface area contributed by atoms with Gasteiger partial charge in [0.25, 0.3) is 16.0 Å². The molecule has 9 nitrogen and oxygen atoms in total. The van der Waals surface area contributed by atoms with Crippen molar-refractivity contribution in [3.05, 3.63) is 53.9 Å². The maximum absolute atomic E-state index is 14.6. The van der Waals surface area contributed by atoms with Crippen molar-refractivity contribution in [1.29, 1.82) is 0 Å². The highest BCUT2D eigenvalue weighted by Crippen LogP contribution is 2.34. The molecular weight excluding hydrogens is 458 g/mol. The van der Waals surface area contributed by atoms with Gasteiger partial charge in [-0.3, -0.25) is 4.55 Å². The van der Waals surface area contributed by atoms with Crippen LogP contribution in [0.5, 0.6) is 0 Å². The molecule has 1 aliphatic carbocycles. The zero-order chi connectivity index (χ0) is 24.1. The number of hydrogen-bond acceptors (Lipinski definition) is 7. The molecule has 1 unspecified atom stereocenters. The van der Waals surface area contributed by atoms with Gasteiger partial charge in [0.2, 0.25) is 5.95 Å². The van der Waals surface area contributed by atoms with Crippen molar-refractivity contribution in [2.24, 2.45) is 5.92 Å². The lowest BCUT2D eigenvalue weighted by Crippen LogP contribution is -2.53. The molecule has 33 heavy (non-hydrogen) atoms. The van der Waals surface area contributed by atoms with Crippen LogP contribution in [0.1, 0.15) is 17.5 Å². The fraction of sp³-hybridized carbons (Fsp3) is 0.476. The molecule has 2 aromatic rings. The molecule has 1 fully saturated rings. The first kappa shape index (κ1) is 24.8. The van der Waals surface area contributed by atoms with Gasteiger partial charge in [0.15, 0.2) is 0 Å². The number of rotatable bonds is 4. The number of anilines is 1. The molecule has 1 amide bonds. The van der Waals surface area contributed by atoms with Gasteiger partial charge >= 0.3 is 6.09 Å². The van der Waals surface area contributed by atoms with Gasteiger partial charge in [0.05, 0.1) is 12.8 Å². The van der Waals surface area contributed by atoms with E-state index in [2.05, 4.69) is 15.3 Å². The van der Waals surface area contributed by atoms with Crippen LogP contribution in [0.15, 0.2) is 42.7 Å². The summed E-state index contributed by atoms with van der Waals surface area (Å²) < 4.78 is 60.5. The number of aromatic nitrogens is 2. The normalized spacial score (nSPS) is 19.8. The highest BCUT2D eigenvalue weighted by atomic mass is 32.2. The van der Waals surface area contributed by atoms with Crippen molar-refractivity contribution >= 4 is 22.2 Å². The third-order valence-corrected chi connectivity index (χ3v) is 5.36. The number of fused-ring (bicyclic) bond motifs is 1. The fourth-order valence-corrected chi connectivity index (χ4v) is 3.82. The van der Waals surface area contributed by atoms with Crippen molar-refractivity contribution in [2.75, 3.05) is 31.2 Å². The molecule has 180 valence electrons. The molecule has 1 aromatic heterocycles. The van der Waals surface area contributed by atoms with Crippen LogP contribution in [0.2, 0.25) is 0 Å². The second kappa shape index (κ2) is 10.4. The Kier molecular flexibility index (Phi) is 7.80. The van der Waals surface area contributed by atoms with Gasteiger partial charge in [-0.05, 0) is 23.6 Å². The summed E-state index contributed by atoms with van der Waals surface area (Å²) >= 11 is 0. The Morgan fingerprint density at radius 2 is 1.79 bits per heavy atom. The number of halogens is 2. The van der Waals surface area contributed by atoms with E-state index in [-0.39, 0.29) is 25.6 Å². The Balaban J connectivity index is 0.000000555. The van der Waals surface area contributed by atoms with E-state index in [1.165, 1.54) is 0 Å². The number of hydrogen-bond donors (Lipinski definition) is 2. The van der Waals surface area contributed by atoms with E-state index in [1.807, 2.05) is 24.3 Å². The monoisotopic (exact) mass is 484 g/mol. The second-order valence-corrected chi connectivity index (χ2v) is 9.50. The highest BCUT2D eigenvalue weighted by Gasteiger charge is 2.46.